The van der Waals surface area contributed by atoms with Crippen molar-refractivity contribution in [3.63, 3.8) is 0 Å². The van der Waals surface area contributed by atoms with Crippen molar-refractivity contribution in [1.29, 1.82) is 0 Å². The van der Waals surface area contributed by atoms with Crippen LogP contribution in [0.5, 0.6) is 0 Å². The maximum Gasteiger partial charge on any atom is 0.253 e. The number of ether oxygens (including phenoxy) is 2. The average Bonchev–Trinajstić information content (AvgIpc) is 3.16. The van der Waals surface area contributed by atoms with Crippen molar-refractivity contribution in [3.8, 4) is 0 Å². The van der Waals surface area contributed by atoms with Gasteiger partial charge in [-0.05, 0) is 0 Å². The molecule has 1 amide bonds. The Labute approximate surface area is 152 Å². The molecule has 2 aliphatic heterocycles. The van der Waals surface area contributed by atoms with E-state index in [1.54, 1.807) is 20.5 Å². The van der Waals surface area contributed by atoms with Gasteiger partial charge in [-0.3, -0.25) is 19.1 Å². The van der Waals surface area contributed by atoms with Crippen LogP contribution < -0.4 is 4.90 Å². The molecule has 4 rings (SSSR count). The van der Waals surface area contributed by atoms with E-state index in [1.165, 1.54) is 0 Å². The highest BCUT2D eigenvalue weighted by atomic mass is 16.6. The fourth-order valence-electron chi connectivity index (χ4n) is 3.61. The van der Waals surface area contributed by atoms with Crippen LogP contribution in [-0.2, 0) is 34.9 Å². The first-order valence-electron chi connectivity index (χ1n) is 8.74. The van der Waals surface area contributed by atoms with Crippen LogP contribution in [0.25, 0.3) is 0 Å². The highest BCUT2D eigenvalue weighted by Gasteiger charge is 2.43. The predicted molar refractivity (Wildman–Crippen MR) is 93.5 cm³/mol. The Morgan fingerprint density at radius 1 is 1.15 bits per heavy atom. The summed E-state index contributed by atoms with van der Waals surface area (Å²) in [5.41, 5.74) is 1.41. The fraction of sp³-hybridized carbons (Fsp3) is 0.588. The third-order valence-electron chi connectivity index (χ3n) is 4.85. The van der Waals surface area contributed by atoms with Gasteiger partial charge in [0.2, 0.25) is 0 Å². The van der Waals surface area contributed by atoms with E-state index in [9.17, 15) is 4.79 Å². The van der Waals surface area contributed by atoms with E-state index < -0.39 is 5.60 Å². The number of morpholine rings is 1. The molecule has 4 heterocycles. The van der Waals surface area contributed by atoms with E-state index in [4.69, 9.17) is 9.47 Å². The Kier molecular flexibility index (Phi) is 4.51. The van der Waals surface area contributed by atoms with Gasteiger partial charge in [0.15, 0.2) is 0 Å². The second-order valence-electron chi connectivity index (χ2n) is 7.11. The van der Waals surface area contributed by atoms with E-state index in [2.05, 4.69) is 15.1 Å². The Balaban J connectivity index is 1.52. The number of rotatable bonds is 3. The van der Waals surface area contributed by atoms with Gasteiger partial charge in [0.05, 0.1) is 37.8 Å². The lowest BCUT2D eigenvalue weighted by molar-refractivity contribution is -0.146. The van der Waals surface area contributed by atoms with E-state index in [-0.39, 0.29) is 12.5 Å². The molecule has 0 saturated carbocycles. The SMILES string of the molecule is Cn1cc(CN2CCOCC3(C2)CN(c2cnn(C)c2)C(=O)CO3)cn1. The molecule has 0 radical (unpaired) electrons. The largest absolute Gasteiger partial charge is 0.377 e. The molecular weight excluding hydrogens is 336 g/mol. The summed E-state index contributed by atoms with van der Waals surface area (Å²) in [6, 6.07) is 0. The molecule has 2 saturated heterocycles. The van der Waals surface area contributed by atoms with Crippen LogP contribution in [0.2, 0.25) is 0 Å². The number of hydrogen-bond acceptors (Lipinski definition) is 6. The molecule has 1 atom stereocenters. The summed E-state index contributed by atoms with van der Waals surface area (Å²) in [5, 5.41) is 8.42. The van der Waals surface area contributed by atoms with Gasteiger partial charge in [-0.1, -0.05) is 0 Å². The monoisotopic (exact) mass is 360 g/mol. The van der Waals surface area contributed by atoms with Crippen LogP contribution in [0.1, 0.15) is 5.56 Å². The summed E-state index contributed by atoms with van der Waals surface area (Å²) in [5.74, 6) is -0.0494. The summed E-state index contributed by atoms with van der Waals surface area (Å²) in [6.45, 7) is 3.93. The average molecular weight is 360 g/mol. The molecular formula is C17H24N6O3. The minimum absolute atomic E-state index is 0.0494. The number of hydrogen-bond donors (Lipinski definition) is 0. The molecule has 0 aliphatic carbocycles. The summed E-state index contributed by atoms with van der Waals surface area (Å²) in [7, 11) is 3.76. The van der Waals surface area contributed by atoms with Crippen molar-refractivity contribution in [2.75, 3.05) is 44.4 Å². The Bertz CT molecular complexity index is 787. The quantitative estimate of drug-likeness (QED) is 0.754. The number of anilines is 1. The van der Waals surface area contributed by atoms with Crippen molar-refractivity contribution < 1.29 is 14.3 Å². The molecule has 0 N–H and O–H groups in total. The first kappa shape index (κ1) is 17.2. The topological polar surface area (TPSA) is 77.7 Å². The molecule has 9 nitrogen and oxygen atoms in total. The maximum absolute atomic E-state index is 12.4. The number of nitrogens with zero attached hydrogens (tertiary/aromatic N) is 6. The molecule has 2 aromatic rings. The van der Waals surface area contributed by atoms with Gasteiger partial charge in [-0.15, -0.1) is 0 Å². The third kappa shape index (κ3) is 3.50. The van der Waals surface area contributed by atoms with Gasteiger partial charge >= 0.3 is 0 Å². The van der Waals surface area contributed by atoms with Gasteiger partial charge < -0.3 is 14.4 Å². The van der Waals surface area contributed by atoms with Crippen molar-refractivity contribution in [1.82, 2.24) is 24.5 Å². The molecule has 26 heavy (non-hydrogen) atoms. The lowest BCUT2D eigenvalue weighted by Gasteiger charge is -2.42. The van der Waals surface area contributed by atoms with E-state index >= 15 is 0 Å². The molecule has 140 valence electrons. The van der Waals surface area contributed by atoms with Gasteiger partial charge in [0.1, 0.15) is 12.2 Å². The predicted octanol–water partition coefficient (Wildman–Crippen LogP) is -0.212. The molecule has 2 aliphatic rings. The number of amides is 1. The first-order chi connectivity index (χ1) is 12.5. The van der Waals surface area contributed by atoms with Crippen LogP contribution in [0, 0.1) is 0 Å². The normalized spacial score (nSPS) is 25.0. The van der Waals surface area contributed by atoms with Crippen LogP contribution >= 0.6 is 0 Å². The minimum atomic E-state index is -0.539. The standard InChI is InChI=1S/C17H24N6O3/c1-20-7-14(5-18-20)8-22-3-4-25-13-17(11-22)12-23(16(24)10-26-17)15-6-19-21(2)9-15/h5-7,9H,3-4,8,10-13H2,1-2H3. The number of aromatic nitrogens is 4. The highest BCUT2D eigenvalue weighted by molar-refractivity contribution is 5.94. The first-order valence-corrected chi connectivity index (χ1v) is 8.74. The second kappa shape index (κ2) is 6.82. The Morgan fingerprint density at radius 2 is 1.96 bits per heavy atom. The van der Waals surface area contributed by atoms with Crippen molar-refractivity contribution in [2.24, 2.45) is 14.1 Å². The van der Waals surface area contributed by atoms with Gasteiger partial charge in [0.25, 0.3) is 5.91 Å². The minimum Gasteiger partial charge on any atom is -0.377 e. The maximum atomic E-state index is 12.4. The third-order valence-corrected chi connectivity index (χ3v) is 4.85. The lowest BCUT2D eigenvalue weighted by atomic mass is 10.0. The molecule has 9 heteroatoms. The van der Waals surface area contributed by atoms with Gasteiger partial charge in [-0.25, -0.2) is 0 Å². The number of aryl methyl sites for hydroxylation is 2. The van der Waals surface area contributed by atoms with E-state index in [0.29, 0.717) is 26.3 Å². The zero-order valence-electron chi connectivity index (χ0n) is 15.2. The van der Waals surface area contributed by atoms with Crippen LogP contribution in [0.3, 0.4) is 0 Å². The summed E-state index contributed by atoms with van der Waals surface area (Å²) in [4.78, 5) is 16.5. The second-order valence-corrected chi connectivity index (χ2v) is 7.11. The van der Waals surface area contributed by atoms with Crippen LogP contribution in [-0.4, -0.2) is 75.4 Å². The van der Waals surface area contributed by atoms with E-state index in [0.717, 1.165) is 24.3 Å². The summed E-state index contributed by atoms with van der Waals surface area (Å²) in [6.07, 6.45) is 7.46. The molecule has 0 bridgehead atoms. The summed E-state index contributed by atoms with van der Waals surface area (Å²) >= 11 is 0. The van der Waals surface area contributed by atoms with E-state index in [1.807, 2.05) is 32.7 Å². The number of carbonyl (C=O) groups excluding carboxylic acids is 1. The number of carbonyl (C=O) groups is 1. The summed E-state index contributed by atoms with van der Waals surface area (Å²) < 4.78 is 15.4. The smallest absolute Gasteiger partial charge is 0.253 e. The highest BCUT2D eigenvalue weighted by Crippen LogP contribution is 2.27. The van der Waals surface area contributed by atoms with Gasteiger partial charge in [0, 0.05) is 51.7 Å². The Hall–Kier alpha value is -2.23. The Morgan fingerprint density at radius 3 is 2.69 bits per heavy atom. The zero-order valence-corrected chi connectivity index (χ0v) is 15.2. The molecule has 1 spiro atoms. The fourth-order valence-corrected chi connectivity index (χ4v) is 3.61. The van der Waals surface area contributed by atoms with Crippen LogP contribution in [0.4, 0.5) is 5.69 Å². The molecule has 1 unspecified atom stereocenters. The van der Waals surface area contributed by atoms with Crippen molar-refractivity contribution in [2.45, 2.75) is 12.1 Å². The molecule has 0 aromatic carbocycles. The molecule has 2 fully saturated rings. The van der Waals surface area contributed by atoms with Crippen molar-refractivity contribution in [3.05, 3.63) is 30.4 Å². The lowest BCUT2D eigenvalue weighted by Crippen LogP contribution is -2.60. The van der Waals surface area contributed by atoms with Gasteiger partial charge in [-0.2, -0.15) is 10.2 Å². The van der Waals surface area contributed by atoms with Crippen molar-refractivity contribution >= 4 is 11.6 Å². The van der Waals surface area contributed by atoms with Crippen LogP contribution in [0.15, 0.2) is 24.8 Å². The zero-order chi connectivity index (χ0) is 18.1. The molecule has 2 aromatic heterocycles.